The average Bonchev–Trinajstić information content (AvgIpc) is 3.24. The van der Waals surface area contributed by atoms with Gasteiger partial charge in [0.1, 0.15) is 0 Å². The lowest BCUT2D eigenvalue weighted by Gasteiger charge is -2.28. The van der Waals surface area contributed by atoms with Gasteiger partial charge in [-0.3, -0.25) is 10.1 Å². The number of alkyl halides is 2. The molecular weight excluding hydrogens is 368 g/mol. The number of fused-ring (bicyclic) bond motifs is 1. The van der Waals surface area contributed by atoms with Gasteiger partial charge >= 0.3 is 6.55 Å². The van der Waals surface area contributed by atoms with Crippen LogP contribution < -0.4 is 15.2 Å². The van der Waals surface area contributed by atoms with E-state index in [1.807, 2.05) is 15.6 Å². The van der Waals surface area contributed by atoms with E-state index in [1.54, 1.807) is 6.20 Å². The fourth-order valence-electron chi connectivity index (χ4n) is 2.89. The topological polar surface area (TPSA) is 102 Å². The van der Waals surface area contributed by atoms with Crippen LogP contribution in [0, 0.1) is 5.41 Å². The van der Waals surface area contributed by atoms with Crippen molar-refractivity contribution in [3.8, 4) is 0 Å². The second-order valence-corrected chi connectivity index (χ2v) is 6.73. The highest BCUT2D eigenvalue weighted by molar-refractivity contribution is 7.95. The van der Waals surface area contributed by atoms with Crippen LogP contribution in [0.4, 0.5) is 8.78 Å². The van der Waals surface area contributed by atoms with E-state index in [-0.39, 0.29) is 6.04 Å². The molecule has 1 aromatic heterocycles. The standard InChI is InChI=1S/C14H17F2N7S2/c15-14(16)21-5-8(4-17)10-6-20-12(13-19-1-2-24-13)23-7-9(22-25-18)3-11(10)23/h1-2,4-5,9,14,17,21-22H,3,6-7,18H2/b8-5+,17-4?. The predicted molar refractivity (Wildman–Crippen MR) is 96.6 cm³/mol. The van der Waals surface area contributed by atoms with Gasteiger partial charge in [-0.2, -0.15) is 8.78 Å². The maximum atomic E-state index is 12.5. The Labute approximate surface area is 151 Å². The Balaban J connectivity index is 1.95. The van der Waals surface area contributed by atoms with Gasteiger partial charge in [0.15, 0.2) is 10.8 Å². The minimum atomic E-state index is -2.68. The Bertz CT molecular complexity index is 715. The van der Waals surface area contributed by atoms with Gasteiger partial charge in [0.2, 0.25) is 0 Å². The van der Waals surface area contributed by atoms with Crippen molar-refractivity contribution in [3.63, 3.8) is 0 Å². The largest absolute Gasteiger partial charge is 0.336 e. The molecule has 0 radical (unpaired) electrons. The van der Waals surface area contributed by atoms with Crippen LogP contribution in [-0.2, 0) is 0 Å². The SMILES string of the molecule is N=C/C(=C\NC(F)F)C1=C2CC(NSN)CN2C(c2nccs2)=NC1. The van der Waals surface area contributed by atoms with Crippen LogP contribution in [0.25, 0.3) is 0 Å². The second kappa shape index (κ2) is 8.04. The van der Waals surface area contributed by atoms with Crippen molar-refractivity contribution < 1.29 is 8.78 Å². The first-order valence-electron chi connectivity index (χ1n) is 7.44. The first-order valence-corrected chi connectivity index (χ1v) is 9.20. The van der Waals surface area contributed by atoms with Crippen molar-refractivity contribution in [2.45, 2.75) is 19.0 Å². The molecule has 7 nitrogen and oxygen atoms in total. The number of halogens is 2. The number of aliphatic imine (C=N–C) groups is 1. The Morgan fingerprint density at radius 1 is 1.56 bits per heavy atom. The van der Waals surface area contributed by atoms with E-state index < -0.39 is 6.55 Å². The van der Waals surface area contributed by atoms with Crippen molar-refractivity contribution in [2.75, 3.05) is 13.1 Å². The molecule has 0 saturated carbocycles. The number of nitrogens with two attached hydrogens (primary N) is 1. The highest BCUT2D eigenvalue weighted by Crippen LogP contribution is 2.33. The maximum Gasteiger partial charge on any atom is 0.312 e. The van der Waals surface area contributed by atoms with Crippen LogP contribution in [0.2, 0.25) is 0 Å². The van der Waals surface area contributed by atoms with Crippen LogP contribution in [0.1, 0.15) is 11.4 Å². The first-order chi connectivity index (χ1) is 12.1. The van der Waals surface area contributed by atoms with Crippen LogP contribution in [0.15, 0.2) is 39.6 Å². The van der Waals surface area contributed by atoms with Gasteiger partial charge < -0.3 is 15.6 Å². The smallest absolute Gasteiger partial charge is 0.312 e. The molecule has 11 heteroatoms. The normalized spacial score (nSPS) is 20.8. The second-order valence-electron chi connectivity index (χ2n) is 5.36. The first kappa shape index (κ1) is 18.0. The van der Waals surface area contributed by atoms with Crippen molar-refractivity contribution in [3.05, 3.63) is 39.6 Å². The number of nitrogens with zero attached hydrogens (tertiary/aromatic N) is 3. The van der Waals surface area contributed by atoms with Gasteiger partial charge in [-0.15, -0.1) is 11.3 Å². The molecule has 3 rings (SSSR count). The molecule has 2 aliphatic rings. The van der Waals surface area contributed by atoms with E-state index in [0.717, 1.165) is 40.5 Å². The van der Waals surface area contributed by atoms with Crippen molar-refractivity contribution in [1.82, 2.24) is 19.9 Å². The van der Waals surface area contributed by atoms with Crippen molar-refractivity contribution >= 4 is 35.5 Å². The molecule has 0 amide bonds. The summed E-state index contributed by atoms with van der Waals surface area (Å²) in [6, 6.07) is 0.0957. The summed E-state index contributed by atoms with van der Waals surface area (Å²) in [6.45, 7) is -1.72. The summed E-state index contributed by atoms with van der Waals surface area (Å²) in [4.78, 5) is 11.0. The van der Waals surface area contributed by atoms with Gasteiger partial charge in [0.25, 0.3) is 0 Å². The van der Waals surface area contributed by atoms with E-state index in [0.29, 0.717) is 25.1 Å². The van der Waals surface area contributed by atoms with Crippen LogP contribution in [0.3, 0.4) is 0 Å². The minimum Gasteiger partial charge on any atom is -0.336 e. The number of thiazole rings is 1. The van der Waals surface area contributed by atoms with E-state index >= 15 is 0 Å². The van der Waals surface area contributed by atoms with E-state index in [9.17, 15) is 8.78 Å². The summed E-state index contributed by atoms with van der Waals surface area (Å²) in [5, 5.41) is 17.7. The van der Waals surface area contributed by atoms with E-state index in [4.69, 9.17) is 10.5 Å². The molecule has 1 fully saturated rings. The lowest BCUT2D eigenvalue weighted by Crippen LogP contribution is -2.35. The molecule has 134 valence electrons. The van der Waals surface area contributed by atoms with Crippen molar-refractivity contribution in [1.29, 1.82) is 5.41 Å². The Morgan fingerprint density at radius 2 is 2.40 bits per heavy atom. The zero-order valence-corrected chi connectivity index (χ0v) is 14.7. The quantitative estimate of drug-likeness (QED) is 0.324. The molecule has 0 bridgehead atoms. The number of hydrogen-bond acceptors (Lipinski definition) is 9. The number of nitrogens with one attached hydrogen (secondary N) is 3. The van der Waals surface area contributed by atoms with Crippen LogP contribution in [-0.4, -0.2) is 47.6 Å². The third-order valence-electron chi connectivity index (χ3n) is 3.89. The third-order valence-corrected chi connectivity index (χ3v) is 5.13. The van der Waals surface area contributed by atoms with Crippen LogP contribution in [0.5, 0.6) is 0 Å². The van der Waals surface area contributed by atoms with E-state index in [1.165, 1.54) is 17.5 Å². The van der Waals surface area contributed by atoms with Gasteiger partial charge in [-0.05, 0) is 0 Å². The zero-order valence-electron chi connectivity index (χ0n) is 13.1. The summed E-state index contributed by atoms with van der Waals surface area (Å²) >= 11 is 2.54. The highest BCUT2D eigenvalue weighted by Gasteiger charge is 2.35. The number of hydrogen-bond donors (Lipinski definition) is 4. The molecule has 1 saturated heterocycles. The number of aromatic nitrogens is 1. The molecule has 2 aliphatic heterocycles. The Hall–Kier alpha value is -1.82. The average molecular weight is 385 g/mol. The number of amidine groups is 1. The summed E-state index contributed by atoms with van der Waals surface area (Å²) in [6.07, 6.45) is 4.63. The highest BCUT2D eigenvalue weighted by atomic mass is 32.2. The van der Waals surface area contributed by atoms with Crippen LogP contribution >= 0.6 is 23.5 Å². The molecule has 0 aliphatic carbocycles. The third kappa shape index (κ3) is 3.89. The molecule has 1 aromatic rings. The zero-order chi connectivity index (χ0) is 17.8. The monoisotopic (exact) mass is 385 g/mol. The predicted octanol–water partition coefficient (Wildman–Crippen LogP) is 1.69. The van der Waals surface area contributed by atoms with Gasteiger partial charge in [-0.1, -0.05) is 0 Å². The van der Waals surface area contributed by atoms with E-state index in [2.05, 4.69) is 14.7 Å². The summed E-state index contributed by atoms with van der Waals surface area (Å²) in [5.41, 5.74) is 2.11. The van der Waals surface area contributed by atoms with Gasteiger partial charge in [-0.25, -0.2) is 9.71 Å². The molecule has 0 spiro atoms. The molecule has 3 heterocycles. The fraction of sp³-hybridized carbons (Fsp3) is 0.357. The maximum absolute atomic E-state index is 12.5. The molecule has 1 atom stereocenters. The summed E-state index contributed by atoms with van der Waals surface area (Å²) in [7, 11) is 0. The molecule has 5 N–H and O–H groups in total. The minimum absolute atomic E-state index is 0.0957. The fourth-order valence-corrected chi connectivity index (χ4v) is 3.89. The van der Waals surface area contributed by atoms with Gasteiger partial charge in [0.05, 0.1) is 6.54 Å². The molecule has 0 aromatic carbocycles. The van der Waals surface area contributed by atoms with Crippen molar-refractivity contribution in [2.24, 2.45) is 10.1 Å². The summed E-state index contributed by atoms with van der Waals surface area (Å²) < 4.78 is 28.0. The lowest BCUT2D eigenvalue weighted by atomic mass is 10.0. The number of rotatable bonds is 7. The molecule has 25 heavy (non-hydrogen) atoms. The molecular formula is C14H17F2N7S2. The van der Waals surface area contributed by atoms with Gasteiger partial charge in [0, 0.05) is 72.0 Å². The lowest BCUT2D eigenvalue weighted by molar-refractivity contribution is 0.125. The Kier molecular flexibility index (Phi) is 5.78. The Morgan fingerprint density at radius 3 is 3.04 bits per heavy atom. The summed E-state index contributed by atoms with van der Waals surface area (Å²) in [5.74, 6) is 0.770. The molecule has 1 unspecified atom stereocenters.